The molecule has 0 fully saturated rings. The first-order valence-corrected chi connectivity index (χ1v) is 4.93. The first kappa shape index (κ1) is 7.82. The van der Waals surface area contributed by atoms with Gasteiger partial charge in [0.25, 0.3) is 0 Å². The molecule has 0 aromatic carbocycles. The summed E-state index contributed by atoms with van der Waals surface area (Å²) in [5.41, 5.74) is 7.85. The third-order valence-corrected chi connectivity index (χ3v) is 2.43. The molecule has 0 spiro atoms. The van der Waals surface area contributed by atoms with Crippen molar-refractivity contribution in [3.63, 3.8) is 0 Å². The van der Waals surface area contributed by atoms with E-state index in [1.807, 2.05) is 6.26 Å². The quantitative estimate of drug-likeness (QED) is 0.485. The van der Waals surface area contributed by atoms with Gasteiger partial charge in [0.1, 0.15) is 5.82 Å². The van der Waals surface area contributed by atoms with Gasteiger partial charge in [0.05, 0.1) is 5.69 Å². The maximum Gasteiger partial charge on any atom is 0.189 e. The van der Waals surface area contributed by atoms with E-state index in [9.17, 15) is 0 Å². The molecule has 1 aliphatic heterocycles. The monoisotopic (exact) mass is 182 g/mol. The second-order valence-electron chi connectivity index (χ2n) is 2.62. The van der Waals surface area contributed by atoms with E-state index < -0.39 is 0 Å². The van der Waals surface area contributed by atoms with Crippen LogP contribution in [0.5, 0.6) is 0 Å². The molecule has 5 heteroatoms. The van der Waals surface area contributed by atoms with Gasteiger partial charge in [-0.2, -0.15) is 0 Å². The number of thioether (sulfide) groups is 1. The molecule has 12 heavy (non-hydrogen) atoms. The molecule has 0 bridgehead atoms. The second-order valence-corrected chi connectivity index (χ2v) is 3.40. The van der Waals surface area contributed by atoms with Crippen molar-refractivity contribution in [3.8, 4) is 0 Å². The van der Waals surface area contributed by atoms with Crippen molar-refractivity contribution >= 4 is 17.6 Å². The predicted molar refractivity (Wildman–Crippen MR) is 48.8 cm³/mol. The summed E-state index contributed by atoms with van der Waals surface area (Å²) in [4.78, 5) is 8.49. The summed E-state index contributed by atoms with van der Waals surface area (Å²) < 4.78 is 0. The Morgan fingerprint density at radius 1 is 1.42 bits per heavy atom. The highest BCUT2D eigenvalue weighted by Gasteiger charge is 2.16. The molecule has 0 unspecified atom stereocenters. The molecule has 2 heterocycles. The molecule has 4 nitrogen and oxygen atoms in total. The van der Waals surface area contributed by atoms with Crippen LogP contribution in [0.2, 0.25) is 0 Å². The SMILES string of the molecule is CSc1nc(N)c2c(n1)CNC2. The molecule has 0 saturated heterocycles. The average molecular weight is 182 g/mol. The van der Waals surface area contributed by atoms with Gasteiger partial charge in [-0.15, -0.1) is 0 Å². The molecule has 0 atom stereocenters. The molecule has 64 valence electrons. The molecule has 0 aliphatic carbocycles. The van der Waals surface area contributed by atoms with E-state index in [0.717, 1.165) is 29.5 Å². The van der Waals surface area contributed by atoms with Crippen molar-refractivity contribution in [2.24, 2.45) is 0 Å². The van der Waals surface area contributed by atoms with Crippen molar-refractivity contribution in [2.45, 2.75) is 18.2 Å². The Bertz CT molecular complexity index is 313. The van der Waals surface area contributed by atoms with E-state index in [1.54, 1.807) is 0 Å². The number of nitrogens with zero attached hydrogens (tertiary/aromatic N) is 2. The first-order valence-electron chi connectivity index (χ1n) is 3.71. The van der Waals surface area contributed by atoms with Crippen molar-refractivity contribution in [1.82, 2.24) is 15.3 Å². The number of anilines is 1. The van der Waals surface area contributed by atoms with Crippen LogP contribution < -0.4 is 11.1 Å². The lowest BCUT2D eigenvalue weighted by Gasteiger charge is -2.02. The van der Waals surface area contributed by atoms with Crippen LogP contribution in [0.3, 0.4) is 0 Å². The molecule has 2 rings (SSSR count). The second kappa shape index (κ2) is 2.91. The number of aromatic nitrogens is 2. The number of nitrogens with two attached hydrogens (primary N) is 1. The summed E-state index contributed by atoms with van der Waals surface area (Å²) in [5.74, 6) is 0.620. The highest BCUT2D eigenvalue weighted by atomic mass is 32.2. The predicted octanol–water partition coefficient (Wildman–Crippen LogP) is 0.384. The van der Waals surface area contributed by atoms with Gasteiger partial charge in [-0.1, -0.05) is 11.8 Å². The maximum atomic E-state index is 5.74. The summed E-state index contributed by atoms with van der Waals surface area (Å²) in [7, 11) is 0. The Morgan fingerprint density at radius 3 is 3.00 bits per heavy atom. The van der Waals surface area contributed by atoms with Crippen LogP contribution in [-0.2, 0) is 13.1 Å². The summed E-state index contributed by atoms with van der Waals surface area (Å²) in [6, 6.07) is 0. The Labute approximate surface area is 75.0 Å². The fourth-order valence-electron chi connectivity index (χ4n) is 1.26. The number of rotatable bonds is 1. The Balaban J connectivity index is 2.51. The van der Waals surface area contributed by atoms with Crippen molar-refractivity contribution in [3.05, 3.63) is 11.3 Å². The molecule has 3 N–H and O–H groups in total. The van der Waals surface area contributed by atoms with Crippen LogP contribution in [0.25, 0.3) is 0 Å². The molecular weight excluding hydrogens is 172 g/mol. The van der Waals surface area contributed by atoms with E-state index in [-0.39, 0.29) is 0 Å². The van der Waals surface area contributed by atoms with Crippen molar-refractivity contribution in [1.29, 1.82) is 0 Å². The fourth-order valence-corrected chi connectivity index (χ4v) is 1.65. The minimum Gasteiger partial charge on any atom is -0.383 e. The summed E-state index contributed by atoms with van der Waals surface area (Å²) in [6.07, 6.45) is 1.95. The lowest BCUT2D eigenvalue weighted by Crippen LogP contribution is -2.02. The van der Waals surface area contributed by atoms with E-state index in [2.05, 4.69) is 15.3 Å². The van der Waals surface area contributed by atoms with Crippen LogP contribution in [0.15, 0.2) is 5.16 Å². The van der Waals surface area contributed by atoms with E-state index in [0.29, 0.717) is 5.82 Å². The van der Waals surface area contributed by atoms with Crippen LogP contribution >= 0.6 is 11.8 Å². The standard InChI is InChI=1S/C7H10N4S/c1-12-7-10-5-3-9-2-4(5)6(8)11-7/h9H,2-3H2,1H3,(H2,8,10,11). The number of fused-ring (bicyclic) bond motifs is 1. The van der Waals surface area contributed by atoms with Crippen molar-refractivity contribution < 1.29 is 0 Å². The van der Waals surface area contributed by atoms with Gasteiger partial charge in [-0.05, 0) is 6.26 Å². The summed E-state index contributed by atoms with van der Waals surface area (Å²) in [6.45, 7) is 1.62. The number of hydrogen-bond donors (Lipinski definition) is 2. The summed E-state index contributed by atoms with van der Waals surface area (Å²) in [5, 5.41) is 3.95. The van der Waals surface area contributed by atoms with Crippen LogP contribution in [0.1, 0.15) is 11.3 Å². The lowest BCUT2D eigenvalue weighted by molar-refractivity contribution is 0.755. The molecule has 1 aromatic rings. The van der Waals surface area contributed by atoms with E-state index in [1.165, 1.54) is 11.8 Å². The van der Waals surface area contributed by atoms with E-state index >= 15 is 0 Å². The van der Waals surface area contributed by atoms with Gasteiger partial charge < -0.3 is 11.1 Å². The molecule has 1 aromatic heterocycles. The molecular formula is C7H10N4S. The fraction of sp³-hybridized carbons (Fsp3) is 0.429. The van der Waals surface area contributed by atoms with Crippen LogP contribution in [0.4, 0.5) is 5.82 Å². The number of hydrogen-bond acceptors (Lipinski definition) is 5. The zero-order valence-electron chi connectivity index (χ0n) is 6.79. The number of nitrogen functional groups attached to an aromatic ring is 1. The third-order valence-electron chi connectivity index (χ3n) is 1.88. The minimum atomic E-state index is 0.620. The molecule has 1 aliphatic rings. The topological polar surface area (TPSA) is 63.8 Å². The maximum absolute atomic E-state index is 5.74. The largest absolute Gasteiger partial charge is 0.383 e. The van der Waals surface area contributed by atoms with Gasteiger partial charge in [-0.3, -0.25) is 0 Å². The smallest absolute Gasteiger partial charge is 0.189 e. The summed E-state index contributed by atoms with van der Waals surface area (Å²) >= 11 is 1.52. The molecule has 0 amide bonds. The Morgan fingerprint density at radius 2 is 2.25 bits per heavy atom. The minimum absolute atomic E-state index is 0.620. The zero-order chi connectivity index (χ0) is 8.55. The normalized spacial score (nSPS) is 14.8. The first-order chi connectivity index (χ1) is 5.81. The van der Waals surface area contributed by atoms with Crippen LogP contribution in [-0.4, -0.2) is 16.2 Å². The van der Waals surface area contributed by atoms with Gasteiger partial charge in [0, 0.05) is 18.7 Å². The molecule has 0 saturated carbocycles. The lowest BCUT2D eigenvalue weighted by atomic mass is 10.2. The third kappa shape index (κ3) is 1.15. The van der Waals surface area contributed by atoms with Crippen molar-refractivity contribution in [2.75, 3.05) is 12.0 Å². The molecule has 0 radical (unpaired) electrons. The van der Waals surface area contributed by atoms with Gasteiger partial charge in [0.2, 0.25) is 0 Å². The number of nitrogens with one attached hydrogen (secondary N) is 1. The Kier molecular flexibility index (Phi) is 1.90. The Hall–Kier alpha value is -0.810. The van der Waals surface area contributed by atoms with Gasteiger partial charge >= 0.3 is 0 Å². The highest BCUT2D eigenvalue weighted by molar-refractivity contribution is 7.98. The average Bonchev–Trinajstić information content (AvgIpc) is 2.52. The van der Waals surface area contributed by atoms with Gasteiger partial charge in [-0.25, -0.2) is 9.97 Å². The van der Waals surface area contributed by atoms with Gasteiger partial charge in [0.15, 0.2) is 5.16 Å². The van der Waals surface area contributed by atoms with E-state index in [4.69, 9.17) is 5.73 Å². The van der Waals surface area contributed by atoms with Crippen LogP contribution in [0, 0.1) is 0 Å². The highest BCUT2D eigenvalue weighted by Crippen LogP contribution is 2.21. The zero-order valence-corrected chi connectivity index (χ0v) is 7.61.